The molecule has 11 heteroatoms. The van der Waals surface area contributed by atoms with Crippen molar-refractivity contribution in [3.8, 4) is 5.75 Å². The average molecular weight is 596 g/mol. The lowest BCUT2D eigenvalue weighted by Gasteiger charge is -2.32. The Balaban J connectivity index is 1.83. The van der Waals surface area contributed by atoms with Crippen LogP contribution in [0.25, 0.3) is 0 Å². The fraction of sp³-hybridized carbons (Fsp3) is 0.438. The number of hydrogen-bond acceptors (Lipinski definition) is 8. The van der Waals surface area contributed by atoms with Gasteiger partial charge in [-0.3, -0.25) is 4.79 Å². The number of nitrogens with zero attached hydrogens (tertiary/aromatic N) is 1. The van der Waals surface area contributed by atoms with E-state index in [1.54, 1.807) is 58.2 Å². The van der Waals surface area contributed by atoms with Gasteiger partial charge >= 0.3 is 18.2 Å². The number of methoxy groups -OCH3 is 1. The van der Waals surface area contributed by atoms with Crippen LogP contribution >= 0.6 is 0 Å². The number of allylic oxidation sites excluding steroid dienone is 1. The van der Waals surface area contributed by atoms with E-state index in [2.05, 4.69) is 17.2 Å². The molecule has 3 rings (SSSR count). The van der Waals surface area contributed by atoms with E-state index in [1.165, 1.54) is 11.8 Å². The van der Waals surface area contributed by atoms with Gasteiger partial charge in [-0.2, -0.15) is 0 Å². The minimum absolute atomic E-state index is 0.0186. The summed E-state index contributed by atoms with van der Waals surface area (Å²) >= 11 is 0. The number of nitrogens with one attached hydrogen (secondary N) is 2. The summed E-state index contributed by atoms with van der Waals surface area (Å²) in [6, 6.07) is 15.1. The Labute approximate surface area is 252 Å². The van der Waals surface area contributed by atoms with E-state index in [-0.39, 0.29) is 32.7 Å². The molecule has 2 aromatic carbocycles. The number of ether oxygens (including phenoxy) is 4. The first kappa shape index (κ1) is 33.0. The van der Waals surface area contributed by atoms with Crippen LogP contribution in [-0.4, -0.2) is 66.3 Å². The second-order valence-corrected chi connectivity index (χ2v) is 11.4. The van der Waals surface area contributed by atoms with E-state index < -0.39 is 47.2 Å². The largest absolute Gasteiger partial charge is 0.497 e. The molecule has 232 valence electrons. The Kier molecular flexibility index (Phi) is 11.2. The van der Waals surface area contributed by atoms with Crippen LogP contribution in [0.2, 0.25) is 0 Å². The van der Waals surface area contributed by atoms with Crippen LogP contribution in [0.1, 0.15) is 45.2 Å². The molecule has 1 saturated heterocycles. The zero-order valence-corrected chi connectivity index (χ0v) is 25.4. The summed E-state index contributed by atoms with van der Waals surface area (Å²) in [5, 5.41) is 5.28. The van der Waals surface area contributed by atoms with Crippen LogP contribution in [0.3, 0.4) is 0 Å². The lowest BCUT2D eigenvalue weighted by molar-refractivity contribution is -0.154. The summed E-state index contributed by atoms with van der Waals surface area (Å²) in [5.74, 6) is -1.12. The van der Waals surface area contributed by atoms with Gasteiger partial charge in [0.1, 0.15) is 30.6 Å². The van der Waals surface area contributed by atoms with Crippen molar-refractivity contribution in [3.63, 3.8) is 0 Å². The summed E-state index contributed by atoms with van der Waals surface area (Å²) < 4.78 is 21.6. The third-order valence-electron chi connectivity index (χ3n) is 6.88. The number of benzene rings is 2. The summed E-state index contributed by atoms with van der Waals surface area (Å²) in [7, 11) is 1.55. The highest BCUT2D eigenvalue weighted by molar-refractivity contribution is 5.91. The van der Waals surface area contributed by atoms with Gasteiger partial charge in [-0.15, -0.1) is 6.58 Å². The molecule has 11 nitrogen and oxygen atoms in total. The highest BCUT2D eigenvalue weighted by Crippen LogP contribution is 2.33. The molecule has 1 heterocycles. The van der Waals surface area contributed by atoms with E-state index >= 15 is 0 Å². The first-order valence-corrected chi connectivity index (χ1v) is 14.0. The van der Waals surface area contributed by atoms with Crippen molar-refractivity contribution in [2.24, 2.45) is 5.92 Å². The van der Waals surface area contributed by atoms with Crippen LogP contribution in [0.5, 0.6) is 5.75 Å². The van der Waals surface area contributed by atoms with Crippen LogP contribution in [0.15, 0.2) is 67.3 Å². The molecule has 0 spiro atoms. The van der Waals surface area contributed by atoms with Crippen molar-refractivity contribution in [1.82, 2.24) is 15.5 Å². The van der Waals surface area contributed by atoms with Crippen molar-refractivity contribution < 1.29 is 38.1 Å². The van der Waals surface area contributed by atoms with Crippen molar-refractivity contribution in [1.29, 1.82) is 0 Å². The first-order valence-electron chi connectivity index (χ1n) is 14.0. The summed E-state index contributed by atoms with van der Waals surface area (Å²) in [6.07, 6.45) is 0.314. The normalized spacial score (nSPS) is 18.6. The third kappa shape index (κ3) is 9.22. The van der Waals surface area contributed by atoms with Crippen LogP contribution < -0.4 is 15.4 Å². The molecular weight excluding hydrogens is 554 g/mol. The predicted octanol–water partition coefficient (Wildman–Crippen LogP) is 4.35. The molecular formula is C32H41N3O8. The molecule has 0 aliphatic carbocycles. The quantitative estimate of drug-likeness (QED) is 0.223. The summed E-state index contributed by atoms with van der Waals surface area (Å²) in [6.45, 7) is 10.3. The second-order valence-electron chi connectivity index (χ2n) is 11.4. The molecule has 0 bridgehead atoms. The van der Waals surface area contributed by atoms with Gasteiger partial charge in [-0.05, 0) is 57.4 Å². The van der Waals surface area contributed by atoms with E-state index in [4.69, 9.17) is 18.9 Å². The van der Waals surface area contributed by atoms with Gasteiger partial charge in [0.15, 0.2) is 5.54 Å². The van der Waals surface area contributed by atoms with Gasteiger partial charge in [-0.25, -0.2) is 14.4 Å². The molecule has 0 aromatic heterocycles. The standard InChI is InChI=1S/C32H41N3O8/c1-7-11-25-18-35(27(36)22(2)33-29(38)43-31(3,4)5)21-32(25,34-30(39)42-20-23-12-9-8-10-13-23)28(37)41-19-24-14-16-26(40-6)17-15-24/h7-10,12-17,22,25H,1,11,18-21H2,2-6H3,(H,33,38)(H,34,39)/t22-,25-,32-/m0/s1. The third-order valence-corrected chi connectivity index (χ3v) is 6.88. The van der Waals surface area contributed by atoms with Gasteiger partial charge < -0.3 is 34.5 Å². The zero-order valence-electron chi connectivity index (χ0n) is 25.4. The molecule has 43 heavy (non-hydrogen) atoms. The monoisotopic (exact) mass is 595 g/mol. The van der Waals surface area contributed by atoms with Gasteiger partial charge in [0.05, 0.1) is 13.7 Å². The maximum Gasteiger partial charge on any atom is 0.408 e. The van der Waals surface area contributed by atoms with E-state index in [0.29, 0.717) is 11.3 Å². The Morgan fingerprint density at radius 3 is 2.23 bits per heavy atom. The highest BCUT2D eigenvalue weighted by Gasteiger charge is 2.56. The van der Waals surface area contributed by atoms with Crippen molar-refractivity contribution in [3.05, 3.63) is 78.4 Å². The molecule has 0 radical (unpaired) electrons. The Bertz CT molecular complexity index is 1280. The van der Waals surface area contributed by atoms with Gasteiger partial charge in [0.25, 0.3) is 0 Å². The highest BCUT2D eigenvalue weighted by atomic mass is 16.6. The molecule has 3 amide bonds. The fourth-order valence-corrected chi connectivity index (χ4v) is 4.75. The van der Waals surface area contributed by atoms with Gasteiger partial charge in [0, 0.05) is 12.5 Å². The maximum absolute atomic E-state index is 13.9. The number of carbonyl (C=O) groups is 4. The first-order chi connectivity index (χ1) is 20.4. The van der Waals surface area contributed by atoms with Crippen LogP contribution in [-0.2, 0) is 37.0 Å². The average Bonchev–Trinajstić information content (AvgIpc) is 3.33. The topological polar surface area (TPSA) is 133 Å². The van der Waals surface area contributed by atoms with E-state index in [9.17, 15) is 19.2 Å². The van der Waals surface area contributed by atoms with Crippen molar-refractivity contribution in [2.45, 2.75) is 64.5 Å². The smallest absolute Gasteiger partial charge is 0.408 e. The number of likely N-dealkylation sites (tertiary alicyclic amines) is 1. The second kappa shape index (κ2) is 14.6. The summed E-state index contributed by atoms with van der Waals surface area (Å²) in [5.41, 5.74) is -0.919. The SMILES string of the molecule is C=CC[C@H]1CN(C(=O)[C@H](C)NC(=O)OC(C)(C)C)C[C@@]1(NC(=O)OCc1ccccc1)C(=O)OCc1ccc(OC)cc1. The molecule has 1 fully saturated rings. The zero-order chi connectivity index (χ0) is 31.6. The van der Waals surface area contributed by atoms with E-state index in [1.807, 2.05) is 30.3 Å². The Hall–Kier alpha value is -4.54. The molecule has 0 saturated carbocycles. The minimum Gasteiger partial charge on any atom is -0.497 e. The lowest BCUT2D eigenvalue weighted by Crippen LogP contribution is -2.61. The van der Waals surface area contributed by atoms with Crippen LogP contribution in [0, 0.1) is 5.92 Å². The molecule has 3 atom stereocenters. The molecule has 2 N–H and O–H groups in total. The minimum atomic E-state index is -1.64. The molecule has 1 aliphatic heterocycles. The number of esters is 1. The number of rotatable bonds is 11. The van der Waals surface area contributed by atoms with Crippen molar-refractivity contribution in [2.75, 3.05) is 20.2 Å². The molecule has 1 aliphatic rings. The van der Waals surface area contributed by atoms with Crippen LogP contribution in [0.4, 0.5) is 9.59 Å². The maximum atomic E-state index is 13.9. The van der Waals surface area contributed by atoms with Crippen molar-refractivity contribution >= 4 is 24.1 Å². The number of carbonyl (C=O) groups excluding carboxylic acids is 4. The number of hydrogen-bond donors (Lipinski definition) is 2. The predicted molar refractivity (Wildman–Crippen MR) is 159 cm³/mol. The Morgan fingerprint density at radius 2 is 1.63 bits per heavy atom. The van der Waals surface area contributed by atoms with E-state index in [0.717, 1.165) is 5.56 Å². The number of alkyl carbamates (subject to hydrolysis) is 2. The molecule has 2 aromatic rings. The Morgan fingerprint density at radius 1 is 1.00 bits per heavy atom. The lowest BCUT2D eigenvalue weighted by atomic mass is 9.84. The number of amides is 3. The molecule has 0 unspecified atom stereocenters. The van der Waals surface area contributed by atoms with Gasteiger partial charge in [-0.1, -0.05) is 48.5 Å². The fourth-order valence-electron chi connectivity index (χ4n) is 4.75. The summed E-state index contributed by atoms with van der Waals surface area (Å²) in [4.78, 5) is 54.2. The van der Waals surface area contributed by atoms with Gasteiger partial charge in [0.2, 0.25) is 5.91 Å².